The summed E-state index contributed by atoms with van der Waals surface area (Å²) in [4.78, 5) is 32.7. The first-order valence-electron chi connectivity index (χ1n) is 22.5. The zero-order chi connectivity index (χ0) is 51.4. The molecule has 0 atom stereocenters. The maximum absolute atomic E-state index is 13.0. The molecule has 0 saturated carbocycles. The predicted octanol–water partition coefficient (Wildman–Crippen LogP) is 13.7. The summed E-state index contributed by atoms with van der Waals surface area (Å²) in [7, 11) is 0. The normalized spacial score (nSPS) is 13.4. The molecule has 0 aliphatic carbocycles. The monoisotopic (exact) mass is 955 g/mol. The van der Waals surface area contributed by atoms with Gasteiger partial charge in [-0.15, -0.1) is 0 Å². The first-order chi connectivity index (χ1) is 30.7. The summed E-state index contributed by atoms with van der Waals surface area (Å²) in [6, 6.07) is 8.91. The number of fused-ring (bicyclic) bond motifs is 2. The van der Waals surface area contributed by atoms with Gasteiger partial charge in [0.1, 0.15) is 34.1 Å². The van der Waals surface area contributed by atoms with Crippen LogP contribution in [-0.4, -0.2) is 52.1 Å². The van der Waals surface area contributed by atoms with Crippen molar-refractivity contribution >= 4 is 46.1 Å². The first kappa shape index (κ1) is 53.0. The highest BCUT2D eigenvalue weighted by Crippen LogP contribution is 2.38. The number of amides is 2. The van der Waals surface area contributed by atoms with Gasteiger partial charge in [0.15, 0.2) is 0 Å². The van der Waals surface area contributed by atoms with E-state index < -0.39 is 35.3 Å². The Balaban J connectivity index is 0.000000254. The van der Waals surface area contributed by atoms with Crippen LogP contribution >= 0.6 is 0 Å². The van der Waals surface area contributed by atoms with Gasteiger partial charge in [-0.3, -0.25) is 9.59 Å². The molecule has 0 aliphatic heterocycles. The number of aromatic amines is 2. The number of hydrogen-bond donors (Lipinski definition) is 6. The van der Waals surface area contributed by atoms with Crippen LogP contribution < -0.4 is 21.3 Å². The highest BCUT2D eigenvalue weighted by Gasteiger charge is 2.35. The van der Waals surface area contributed by atoms with Crippen LogP contribution in [0.5, 0.6) is 0 Å². The summed E-state index contributed by atoms with van der Waals surface area (Å²) < 4.78 is 80.9. The van der Waals surface area contributed by atoms with Gasteiger partial charge in [0.25, 0.3) is 11.8 Å². The summed E-state index contributed by atoms with van der Waals surface area (Å²) in [6.45, 7) is 34.0. The van der Waals surface area contributed by atoms with Crippen molar-refractivity contribution in [1.82, 2.24) is 29.2 Å². The van der Waals surface area contributed by atoms with Gasteiger partial charge in [-0.05, 0) is 93.8 Å². The standard InChI is InChI=1S/2C25H34F3N5O/c1-22(2,3)14-24(7,8)32-20-18(23(4,5)6)31-19-17(13-29-33(19)20)21(34)30-16-11-9-15(10-12-16)25(26,27)28;1-22(2,3)14-24(7,8)32-20-18(23(4,5)6)31-19-17(13-29-33(19)20)21(34)30-16-11-9-10-15(12-16)25(26,27)28/h2*9-13,31-32H,14H2,1-8H3,(H,30,34). The number of nitrogens with one attached hydrogen (secondary N) is 6. The van der Waals surface area contributed by atoms with Crippen molar-refractivity contribution in [3.05, 3.63) is 94.6 Å². The average Bonchev–Trinajstić information content (AvgIpc) is 3.91. The first-order valence-corrected chi connectivity index (χ1v) is 22.5. The maximum atomic E-state index is 13.0. The number of imidazole rings is 2. The van der Waals surface area contributed by atoms with Gasteiger partial charge in [-0.25, -0.2) is 0 Å². The lowest BCUT2D eigenvalue weighted by Crippen LogP contribution is -2.37. The summed E-state index contributed by atoms with van der Waals surface area (Å²) in [5, 5.41) is 21.4. The molecule has 6 N–H and O–H groups in total. The number of halogens is 6. The number of hydrogen-bond acceptors (Lipinski definition) is 6. The Bertz CT molecular complexity index is 2740. The van der Waals surface area contributed by atoms with Crippen LogP contribution in [0.3, 0.4) is 0 Å². The number of anilines is 4. The molecule has 18 heteroatoms. The molecule has 4 heterocycles. The van der Waals surface area contributed by atoms with Crippen LogP contribution in [0.25, 0.3) is 11.3 Å². The van der Waals surface area contributed by atoms with Gasteiger partial charge in [0, 0.05) is 33.3 Å². The lowest BCUT2D eigenvalue weighted by Gasteiger charge is -2.35. The summed E-state index contributed by atoms with van der Waals surface area (Å²) in [5.41, 5.74) is 1.18. The highest BCUT2D eigenvalue weighted by atomic mass is 19.4. The van der Waals surface area contributed by atoms with E-state index in [-0.39, 0.29) is 49.7 Å². The highest BCUT2D eigenvalue weighted by molar-refractivity contribution is 6.09. The third-order valence-corrected chi connectivity index (χ3v) is 10.7. The lowest BCUT2D eigenvalue weighted by molar-refractivity contribution is -0.138. The van der Waals surface area contributed by atoms with E-state index in [4.69, 9.17) is 0 Å². The molecule has 0 spiro atoms. The fraction of sp³-hybridized carbons (Fsp3) is 0.520. The van der Waals surface area contributed by atoms with E-state index >= 15 is 0 Å². The van der Waals surface area contributed by atoms with E-state index in [0.29, 0.717) is 16.9 Å². The van der Waals surface area contributed by atoms with Crippen molar-refractivity contribution in [3.8, 4) is 0 Å². The van der Waals surface area contributed by atoms with Crippen LogP contribution in [0, 0.1) is 10.8 Å². The number of aromatic nitrogens is 6. The van der Waals surface area contributed by atoms with Crippen LogP contribution in [0.15, 0.2) is 60.9 Å². The van der Waals surface area contributed by atoms with Crippen molar-refractivity contribution in [2.45, 2.75) is 158 Å². The van der Waals surface area contributed by atoms with Gasteiger partial charge in [-0.2, -0.15) is 45.6 Å². The third-order valence-electron chi connectivity index (χ3n) is 10.7. The van der Waals surface area contributed by atoms with Crippen molar-refractivity contribution in [2.24, 2.45) is 10.8 Å². The van der Waals surface area contributed by atoms with Gasteiger partial charge in [0.05, 0.1) is 34.9 Å². The quantitative estimate of drug-likeness (QED) is 0.0753. The number of H-pyrrole nitrogens is 2. The molecule has 6 aromatic rings. The van der Waals surface area contributed by atoms with Crippen molar-refractivity contribution < 1.29 is 35.9 Å². The Labute approximate surface area is 394 Å². The average molecular weight is 955 g/mol. The predicted molar refractivity (Wildman–Crippen MR) is 259 cm³/mol. The molecule has 372 valence electrons. The van der Waals surface area contributed by atoms with Gasteiger partial charge in [0.2, 0.25) is 0 Å². The third kappa shape index (κ3) is 13.2. The zero-order valence-electron chi connectivity index (χ0n) is 42.1. The number of benzene rings is 2. The Kier molecular flexibility index (Phi) is 14.2. The van der Waals surface area contributed by atoms with E-state index in [1.54, 1.807) is 9.03 Å². The smallest absolute Gasteiger partial charge is 0.364 e. The second kappa shape index (κ2) is 18.2. The molecule has 0 aliphatic rings. The van der Waals surface area contributed by atoms with E-state index in [0.717, 1.165) is 60.1 Å². The Hall–Kier alpha value is -5.94. The number of carbonyl (C=O) groups excluding carboxylic acids is 2. The molecule has 4 aromatic heterocycles. The number of carbonyl (C=O) groups is 2. The molecular weight excluding hydrogens is 887 g/mol. The number of alkyl halides is 6. The van der Waals surface area contributed by atoms with Gasteiger partial charge < -0.3 is 31.2 Å². The molecule has 2 aromatic carbocycles. The minimum absolute atomic E-state index is 0.0615. The molecule has 0 fully saturated rings. The molecule has 0 bridgehead atoms. The van der Waals surface area contributed by atoms with Gasteiger partial charge >= 0.3 is 12.4 Å². The van der Waals surface area contributed by atoms with Crippen LogP contribution in [0.4, 0.5) is 49.4 Å². The van der Waals surface area contributed by atoms with E-state index in [1.807, 2.05) is 0 Å². The summed E-state index contributed by atoms with van der Waals surface area (Å²) in [5.74, 6) is 0.536. The fourth-order valence-electron chi connectivity index (χ4n) is 8.79. The second-order valence-corrected chi connectivity index (χ2v) is 23.4. The Morgan fingerprint density at radius 3 is 1.26 bits per heavy atom. The van der Waals surface area contributed by atoms with Gasteiger partial charge in [-0.1, -0.05) is 89.2 Å². The number of nitrogens with zero attached hydrogens (tertiary/aromatic N) is 4. The Morgan fingerprint density at radius 1 is 0.529 bits per heavy atom. The van der Waals surface area contributed by atoms with E-state index in [1.165, 1.54) is 36.7 Å². The largest absolute Gasteiger partial charge is 0.416 e. The van der Waals surface area contributed by atoms with Crippen LogP contribution in [0.1, 0.15) is 167 Å². The SMILES string of the molecule is CC(C)(C)CC(C)(C)Nc1c(C(C)(C)C)[nH]c2c(C(=O)Nc3ccc(C(F)(F)F)cc3)cnn12.CC(C)(C)CC(C)(C)Nc1c(C(C)(C)C)[nH]c2c(C(=O)Nc3cccc(C(F)(F)F)c3)cnn12. The van der Waals surface area contributed by atoms with E-state index in [2.05, 4.69) is 152 Å². The zero-order valence-corrected chi connectivity index (χ0v) is 42.1. The molecule has 68 heavy (non-hydrogen) atoms. The van der Waals surface area contributed by atoms with E-state index in [9.17, 15) is 35.9 Å². The maximum Gasteiger partial charge on any atom is 0.416 e. The second-order valence-electron chi connectivity index (χ2n) is 23.4. The minimum Gasteiger partial charge on any atom is -0.364 e. The van der Waals surface area contributed by atoms with Crippen LogP contribution in [0.2, 0.25) is 0 Å². The van der Waals surface area contributed by atoms with Crippen molar-refractivity contribution in [2.75, 3.05) is 21.3 Å². The molecule has 2 amide bonds. The Morgan fingerprint density at radius 2 is 0.912 bits per heavy atom. The van der Waals surface area contributed by atoms with Crippen LogP contribution in [-0.2, 0) is 23.2 Å². The van der Waals surface area contributed by atoms with Crippen molar-refractivity contribution in [1.29, 1.82) is 0 Å². The molecule has 6 rings (SSSR count). The molecular formula is C50H68F6N10O2. The minimum atomic E-state index is -4.49. The lowest BCUT2D eigenvalue weighted by atomic mass is 9.81. The molecule has 0 saturated heterocycles. The molecule has 12 nitrogen and oxygen atoms in total. The number of rotatable bonds is 10. The topological polar surface area (TPSA) is 148 Å². The summed E-state index contributed by atoms with van der Waals surface area (Å²) in [6.07, 6.45) is -4.26. The molecule has 0 unspecified atom stereocenters. The molecule has 0 radical (unpaired) electrons. The summed E-state index contributed by atoms with van der Waals surface area (Å²) >= 11 is 0. The fourth-order valence-corrected chi connectivity index (χ4v) is 8.79. The van der Waals surface area contributed by atoms with Crippen molar-refractivity contribution in [3.63, 3.8) is 0 Å².